The molecule has 0 fully saturated rings. The van der Waals surface area contributed by atoms with E-state index in [4.69, 9.17) is 0 Å². The van der Waals surface area contributed by atoms with Crippen molar-refractivity contribution in [3.05, 3.63) is 104 Å². The Morgan fingerprint density at radius 3 is 2.29 bits per heavy atom. The molecule has 140 valence electrons. The number of halogens is 2. The molecular weight excluding hydrogens is 382 g/mol. The maximum Gasteiger partial charge on any atom is 0.333 e. The third-order valence-corrected chi connectivity index (χ3v) is 4.69. The van der Waals surface area contributed by atoms with Gasteiger partial charge in [-0.25, -0.2) is 18.1 Å². The van der Waals surface area contributed by atoms with E-state index in [9.17, 15) is 18.4 Å². The molecule has 3 rings (SSSR count). The van der Waals surface area contributed by atoms with Crippen LogP contribution >= 0.6 is 11.8 Å². The zero-order chi connectivity index (χ0) is 20.3. The third-order valence-electron chi connectivity index (χ3n) is 3.80. The molecule has 0 aliphatic carbocycles. The highest BCUT2D eigenvalue weighted by atomic mass is 32.2. The minimum absolute atomic E-state index is 0.0832. The van der Waals surface area contributed by atoms with E-state index in [0.29, 0.717) is 15.8 Å². The highest BCUT2D eigenvalue weighted by Gasteiger charge is 2.20. The molecule has 0 unspecified atom stereocenters. The second-order valence-corrected chi connectivity index (χ2v) is 6.69. The molecule has 2 aromatic carbocycles. The summed E-state index contributed by atoms with van der Waals surface area (Å²) < 4.78 is 29.7. The molecule has 0 aliphatic rings. The van der Waals surface area contributed by atoms with Gasteiger partial charge in [-0.15, -0.1) is 0 Å². The van der Waals surface area contributed by atoms with Gasteiger partial charge < -0.3 is 4.98 Å². The van der Waals surface area contributed by atoms with Gasteiger partial charge in [0.25, 0.3) is 5.56 Å². The number of hydrogen-bond donors (Lipinski definition) is 1. The molecule has 4 nitrogen and oxygen atoms in total. The monoisotopic (exact) mass is 396 g/mol. The molecule has 0 amide bonds. The lowest BCUT2D eigenvalue weighted by atomic mass is 10.1. The predicted octanol–water partition coefficient (Wildman–Crippen LogP) is 3.75. The van der Waals surface area contributed by atoms with Crippen LogP contribution in [0.3, 0.4) is 0 Å². The molecule has 7 heteroatoms. The Labute approximate surface area is 163 Å². The highest BCUT2D eigenvalue weighted by molar-refractivity contribution is 8.02. The smallest absolute Gasteiger partial charge is 0.310 e. The van der Waals surface area contributed by atoms with Crippen LogP contribution in [0.4, 0.5) is 8.78 Å². The maximum atomic E-state index is 14.7. The summed E-state index contributed by atoms with van der Waals surface area (Å²) in [6.07, 6.45) is 0. The first kappa shape index (κ1) is 19.4. The zero-order valence-electron chi connectivity index (χ0n) is 14.8. The molecule has 0 aliphatic heterocycles. The van der Waals surface area contributed by atoms with Crippen LogP contribution in [0.2, 0.25) is 0 Å². The van der Waals surface area contributed by atoms with Gasteiger partial charge in [0.15, 0.2) is 11.6 Å². The first-order chi connectivity index (χ1) is 13.4. The van der Waals surface area contributed by atoms with E-state index in [1.165, 1.54) is 12.3 Å². The molecule has 3 aromatic rings. The lowest BCUT2D eigenvalue weighted by molar-refractivity contribution is 0.559. The number of aromatic amines is 1. The normalized spacial score (nSPS) is 10.2. The van der Waals surface area contributed by atoms with E-state index in [0.717, 1.165) is 23.9 Å². The van der Waals surface area contributed by atoms with Gasteiger partial charge in [0.1, 0.15) is 5.69 Å². The van der Waals surface area contributed by atoms with Crippen molar-refractivity contribution in [3.8, 4) is 17.5 Å². The fourth-order valence-electron chi connectivity index (χ4n) is 2.57. The van der Waals surface area contributed by atoms with Gasteiger partial charge in [0.05, 0.1) is 4.90 Å². The van der Waals surface area contributed by atoms with Crippen LogP contribution in [0.5, 0.6) is 0 Å². The summed E-state index contributed by atoms with van der Waals surface area (Å²) in [6, 6.07) is 10.9. The summed E-state index contributed by atoms with van der Waals surface area (Å²) in [5.74, 6) is 3.33. The number of hydrogen-bond acceptors (Lipinski definition) is 3. The van der Waals surface area contributed by atoms with E-state index in [-0.39, 0.29) is 10.5 Å². The van der Waals surface area contributed by atoms with Crippen molar-refractivity contribution in [2.24, 2.45) is 0 Å². The average molecular weight is 396 g/mol. The third kappa shape index (κ3) is 3.82. The average Bonchev–Trinajstić information content (AvgIpc) is 2.66. The second kappa shape index (κ2) is 8.11. The van der Waals surface area contributed by atoms with Crippen molar-refractivity contribution in [1.82, 2.24) is 9.55 Å². The minimum atomic E-state index is -1.07. The SMILES string of the molecule is C=CSc1c(C)[nH]c(=O)n(-c2c(F)cc(C#Cc3ccccc3)cc2F)c1=O. The Hall–Kier alpha value is -3.37. The summed E-state index contributed by atoms with van der Waals surface area (Å²) in [5, 5.41) is 1.39. The van der Waals surface area contributed by atoms with Crippen molar-refractivity contribution in [1.29, 1.82) is 0 Å². The topological polar surface area (TPSA) is 54.9 Å². The fourth-order valence-corrected chi connectivity index (χ4v) is 3.16. The number of nitrogens with one attached hydrogen (secondary N) is 1. The molecule has 0 spiro atoms. The zero-order valence-corrected chi connectivity index (χ0v) is 15.6. The molecule has 1 heterocycles. The first-order valence-corrected chi connectivity index (χ1v) is 9.00. The second-order valence-electron chi connectivity index (χ2n) is 5.71. The number of benzene rings is 2. The van der Waals surface area contributed by atoms with Crippen LogP contribution in [-0.2, 0) is 0 Å². The van der Waals surface area contributed by atoms with Crippen molar-refractivity contribution in [2.75, 3.05) is 0 Å². The lowest BCUT2D eigenvalue weighted by Crippen LogP contribution is -2.36. The quantitative estimate of drug-likeness (QED) is 0.542. The predicted molar refractivity (Wildman–Crippen MR) is 106 cm³/mol. The maximum absolute atomic E-state index is 14.7. The molecule has 1 aromatic heterocycles. The Bertz CT molecular complexity index is 1210. The number of H-pyrrole nitrogens is 1. The molecule has 0 saturated carbocycles. The van der Waals surface area contributed by atoms with Crippen LogP contribution < -0.4 is 11.2 Å². The molecule has 1 N–H and O–H groups in total. The standard InChI is InChI=1S/C21H14F2N2O2S/c1-3-28-19-13(2)24-21(27)25(20(19)26)18-16(22)11-15(12-17(18)23)10-9-14-7-5-4-6-8-14/h3-8,11-12H,1H2,2H3,(H,24,27). The van der Waals surface area contributed by atoms with Crippen molar-refractivity contribution in [2.45, 2.75) is 11.8 Å². The Morgan fingerprint density at radius 2 is 1.68 bits per heavy atom. The fraction of sp³-hybridized carbons (Fsp3) is 0.0476. The Morgan fingerprint density at radius 1 is 1.07 bits per heavy atom. The van der Waals surface area contributed by atoms with E-state index in [2.05, 4.69) is 23.4 Å². The molecule has 0 atom stereocenters. The number of rotatable bonds is 3. The van der Waals surface area contributed by atoms with Gasteiger partial charge in [-0.1, -0.05) is 48.4 Å². The van der Waals surface area contributed by atoms with Crippen LogP contribution in [0.1, 0.15) is 16.8 Å². The molecule has 0 saturated heterocycles. The van der Waals surface area contributed by atoms with Gasteiger partial charge in [-0.2, -0.15) is 0 Å². The van der Waals surface area contributed by atoms with Gasteiger partial charge in [-0.3, -0.25) is 4.79 Å². The summed E-state index contributed by atoms with van der Waals surface area (Å²) in [5.41, 5.74) is -1.45. The van der Waals surface area contributed by atoms with Crippen LogP contribution in [-0.4, -0.2) is 9.55 Å². The van der Waals surface area contributed by atoms with Crippen LogP contribution in [0.15, 0.2) is 68.9 Å². The Kier molecular flexibility index (Phi) is 5.62. The molecule has 28 heavy (non-hydrogen) atoms. The largest absolute Gasteiger partial charge is 0.333 e. The van der Waals surface area contributed by atoms with Crippen LogP contribution in [0, 0.1) is 30.4 Å². The van der Waals surface area contributed by atoms with E-state index >= 15 is 0 Å². The van der Waals surface area contributed by atoms with Crippen molar-refractivity contribution in [3.63, 3.8) is 0 Å². The summed E-state index contributed by atoms with van der Waals surface area (Å²) in [4.78, 5) is 27.4. The van der Waals surface area contributed by atoms with E-state index < -0.39 is 28.6 Å². The summed E-state index contributed by atoms with van der Waals surface area (Å²) in [7, 11) is 0. The molecule has 0 radical (unpaired) electrons. The number of aryl methyl sites for hydroxylation is 1. The number of thioether (sulfide) groups is 1. The van der Waals surface area contributed by atoms with Gasteiger partial charge in [0.2, 0.25) is 0 Å². The van der Waals surface area contributed by atoms with E-state index in [1.54, 1.807) is 24.3 Å². The number of aromatic nitrogens is 2. The van der Waals surface area contributed by atoms with Gasteiger partial charge in [0, 0.05) is 16.8 Å². The molecular formula is C21H14F2N2O2S. The van der Waals surface area contributed by atoms with Crippen molar-refractivity contribution >= 4 is 11.8 Å². The van der Waals surface area contributed by atoms with Crippen molar-refractivity contribution < 1.29 is 8.78 Å². The summed E-state index contributed by atoms with van der Waals surface area (Å²) in [6.45, 7) is 5.04. The summed E-state index contributed by atoms with van der Waals surface area (Å²) >= 11 is 0.960. The number of nitrogens with zero attached hydrogens (tertiary/aromatic N) is 1. The van der Waals surface area contributed by atoms with Gasteiger partial charge >= 0.3 is 5.69 Å². The highest BCUT2D eigenvalue weighted by Crippen LogP contribution is 2.20. The van der Waals surface area contributed by atoms with E-state index in [1.807, 2.05) is 6.07 Å². The first-order valence-electron chi connectivity index (χ1n) is 8.12. The van der Waals surface area contributed by atoms with Gasteiger partial charge in [-0.05, 0) is 36.6 Å². The van der Waals surface area contributed by atoms with Crippen LogP contribution in [0.25, 0.3) is 5.69 Å². The Balaban J connectivity index is 2.14. The minimum Gasteiger partial charge on any atom is -0.310 e. The lowest BCUT2D eigenvalue weighted by Gasteiger charge is -2.10. The molecule has 0 bridgehead atoms.